The van der Waals surface area contributed by atoms with Crippen molar-refractivity contribution in [3.63, 3.8) is 0 Å². The summed E-state index contributed by atoms with van der Waals surface area (Å²) in [6.07, 6.45) is 1.78. The van der Waals surface area contributed by atoms with E-state index in [-0.39, 0.29) is 5.91 Å². The minimum atomic E-state index is -0.0170. The van der Waals surface area contributed by atoms with Gasteiger partial charge in [0.15, 0.2) is 0 Å². The van der Waals surface area contributed by atoms with Gasteiger partial charge in [-0.05, 0) is 72.2 Å². The monoisotopic (exact) mass is 409 g/mol. The summed E-state index contributed by atoms with van der Waals surface area (Å²) in [7, 11) is 0. The molecule has 0 aromatic heterocycles. The third kappa shape index (κ3) is 5.02. The zero-order chi connectivity index (χ0) is 15.8. The molecule has 0 saturated carbocycles. The van der Waals surface area contributed by atoms with Gasteiger partial charge in [0.2, 0.25) is 0 Å². The maximum Gasteiger partial charge on any atom is 0.251 e. The van der Waals surface area contributed by atoms with Crippen molar-refractivity contribution < 1.29 is 9.53 Å². The highest BCUT2D eigenvalue weighted by molar-refractivity contribution is 14.1. The molecule has 0 radical (unpaired) electrons. The Morgan fingerprint density at radius 3 is 2.77 bits per heavy atom. The Hall–Kier alpha value is -1.56. The lowest BCUT2D eigenvalue weighted by Gasteiger charge is -2.10. The topological polar surface area (TPSA) is 38.3 Å². The normalized spacial score (nSPS) is 10.3. The highest BCUT2D eigenvalue weighted by atomic mass is 127. The molecular weight excluding hydrogens is 389 g/mol. The first-order valence-electron chi connectivity index (χ1n) is 7.45. The fourth-order valence-corrected chi connectivity index (χ4v) is 2.76. The molecular formula is C18H20INO2. The number of halogens is 1. The number of carbonyl (C=O) groups is 1. The molecule has 0 saturated heterocycles. The van der Waals surface area contributed by atoms with Crippen molar-refractivity contribution in [1.29, 1.82) is 0 Å². The summed E-state index contributed by atoms with van der Waals surface area (Å²) >= 11 is 2.21. The maximum atomic E-state index is 12.0. The molecule has 0 unspecified atom stereocenters. The predicted molar refractivity (Wildman–Crippen MR) is 97.4 cm³/mol. The number of benzene rings is 2. The van der Waals surface area contributed by atoms with Crippen LogP contribution in [-0.2, 0) is 6.42 Å². The summed E-state index contributed by atoms with van der Waals surface area (Å²) in [5, 5.41) is 2.96. The molecule has 1 amide bonds. The van der Waals surface area contributed by atoms with Crippen LogP contribution in [0.1, 0.15) is 29.3 Å². The fraction of sp³-hybridized carbons (Fsp3) is 0.278. The van der Waals surface area contributed by atoms with E-state index in [1.807, 2.05) is 49.4 Å². The van der Waals surface area contributed by atoms with Gasteiger partial charge < -0.3 is 10.1 Å². The van der Waals surface area contributed by atoms with E-state index in [0.717, 1.165) is 22.2 Å². The first kappa shape index (κ1) is 16.8. The summed E-state index contributed by atoms with van der Waals surface area (Å²) in [6.45, 7) is 3.31. The molecule has 2 aromatic rings. The van der Waals surface area contributed by atoms with Crippen LogP contribution in [0.5, 0.6) is 5.75 Å². The van der Waals surface area contributed by atoms with Crippen LogP contribution >= 0.6 is 22.6 Å². The summed E-state index contributed by atoms with van der Waals surface area (Å²) < 4.78 is 6.68. The predicted octanol–water partition coefficient (Wildman–Crippen LogP) is 4.05. The van der Waals surface area contributed by atoms with Crippen LogP contribution in [-0.4, -0.2) is 19.1 Å². The Bertz CT molecular complexity index is 628. The molecule has 0 aliphatic rings. The molecule has 0 bridgehead atoms. The molecule has 116 valence electrons. The second-order valence-electron chi connectivity index (χ2n) is 4.91. The van der Waals surface area contributed by atoms with Crippen LogP contribution in [0.25, 0.3) is 0 Å². The molecule has 22 heavy (non-hydrogen) atoms. The Balaban J connectivity index is 1.81. The molecule has 2 aromatic carbocycles. The molecule has 2 rings (SSSR count). The highest BCUT2D eigenvalue weighted by Gasteiger charge is 2.06. The molecule has 4 heteroatoms. The lowest BCUT2D eigenvalue weighted by Crippen LogP contribution is -2.24. The van der Waals surface area contributed by atoms with Crippen LogP contribution in [0.3, 0.4) is 0 Å². The average molecular weight is 409 g/mol. The molecule has 0 aliphatic carbocycles. The standard InChI is InChI=1S/C18H20INO2/c1-2-22-17-11-4-3-7-14(17)9-6-12-20-18(21)15-8-5-10-16(19)13-15/h3-5,7-8,10-11,13H,2,6,9,12H2,1H3,(H,20,21). The van der Waals surface area contributed by atoms with E-state index >= 15 is 0 Å². The van der Waals surface area contributed by atoms with Crippen molar-refractivity contribution >= 4 is 28.5 Å². The number of rotatable bonds is 7. The van der Waals surface area contributed by atoms with Gasteiger partial charge >= 0.3 is 0 Å². The Labute approximate surface area is 145 Å². The summed E-state index contributed by atoms with van der Waals surface area (Å²) in [4.78, 5) is 12.0. The number of amides is 1. The minimum Gasteiger partial charge on any atom is -0.494 e. The molecule has 0 fully saturated rings. The number of nitrogens with one attached hydrogen (secondary N) is 1. The van der Waals surface area contributed by atoms with E-state index in [9.17, 15) is 4.79 Å². The van der Waals surface area contributed by atoms with E-state index in [1.165, 1.54) is 5.56 Å². The number of para-hydroxylation sites is 1. The number of ether oxygens (including phenoxy) is 1. The van der Waals surface area contributed by atoms with Crippen LogP contribution < -0.4 is 10.1 Å². The van der Waals surface area contributed by atoms with Gasteiger partial charge in [0.05, 0.1) is 6.61 Å². The Morgan fingerprint density at radius 2 is 2.00 bits per heavy atom. The maximum absolute atomic E-state index is 12.0. The molecule has 0 atom stereocenters. The van der Waals surface area contributed by atoms with Crippen LogP contribution in [0.15, 0.2) is 48.5 Å². The number of hydrogen-bond donors (Lipinski definition) is 1. The highest BCUT2D eigenvalue weighted by Crippen LogP contribution is 2.19. The molecule has 0 heterocycles. The van der Waals surface area contributed by atoms with Crippen LogP contribution in [0.2, 0.25) is 0 Å². The summed E-state index contributed by atoms with van der Waals surface area (Å²) in [5.74, 6) is 0.922. The minimum absolute atomic E-state index is 0.0170. The third-order valence-corrected chi connectivity index (χ3v) is 3.94. The van der Waals surface area contributed by atoms with E-state index in [4.69, 9.17) is 4.74 Å². The first-order chi connectivity index (χ1) is 10.7. The Kier molecular flexibility index (Phi) is 6.71. The van der Waals surface area contributed by atoms with Gasteiger partial charge in [0, 0.05) is 15.7 Å². The zero-order valence-electron chi connectivity index (χ0n) is 12.6. The molecule has 0 spiro atoms. The first-order valence-corrected chi connectivity index (χ1v) is 8.53. The van der Waals surface area contributed by atoms with Gasteiger partial charge in [-0.3, -0.25) is 4.79 Å². The SMILES string of the molecule is CCOc1ccccc1CCCNC(=O)c1cccc(I)c1. The second kappa shape index (κ2) is 8.78. The summed E-state index contributed by atoms with van der Waals surface area (Å²) in [5.41, 5.74) is 1.90. The second-order valence-corrected chi connectivity index (χ2v) is 6.16. The lowest BCUT2D eigenvalue weighted by molar-refractivity contribution is 0.0953. The van der Waals surface area contributed by atoms with Crippen molar-refractivity contribution in [1.82, 2.24) is 5.32 Å². The molecule has 3 nitrogen and oxygen atoms in total. The smallest absolute Gasteiger partial charge is 0.251 e. The van der Waals surface area contributed by atoms with Crippen molar-refractivity contribution in [2.75, 3.05) is 13.2 Å². The Morgan fingerprint density at radius 1 is 1.18 bits per heavy atom. The van der Waals surface area contributed by atoms with Crippen molar-refractivity contribution in [2.45, 2.75) is 19.8 Å². The van der Waals surface area contributed by atoms with E-state index in [2.05, 4.69) is 34.0 Å². The quantitative estimate of drug-likeness (QED) is 0.554. The van der Waals surface area contributed by atoms with Gasteiger partial charge in [0.25, 0.3) is 5.91 Å². The van der Waals surface area contributed by atoms with E-state index in [0.29, 0.717) is 18.7 Å². The van der Waals surface area contributed by atoms with Gasteiger partial charge in [-0.2, -0.15) is 0 Å². The van der Waals surface area contributed by atoms with Crippen molar-refractivity contribution in [3.8, 4) is 5.75 Å². The van der Waals surface area contributed by atoms with Crippen molar-refractivity contribution in [3.05, 3.63) is 63.2 Å². The van der Waals surface area contributed by atoms with Crippen LogP contribution in [0.4, 0.5) is 0 Å². The van der Waals surface area contributed by atoms with Crippen LogP contribution in [0, 0.1) is 3.57 Å². The molecule has 0 aliphatic heterocycles. The largest absolute Gasteiger partial charge is 0.494 e. The third-order valence-electron chi connectivity index (χ3n) is 3.27. The van der Waals surface area contributed by atoms with Gasteiger partial charge in [-0.1, -0.05) is 24.3 Å². The lowest BCUT2D eigenvalue weighted by atomic mass is 10.1. The average Bonchev–Trinajstić information content (AvgIpc) is 2.53. The fourth-order valence-electron chi connectivity index (χ4n) is 2.22. The van der Waals surface area contributed by atoms with Gasteiger partial charge in [0.1, 0.15) is 5.75 Å². The van der Waals surface area contributed by atoms with E-state index in [1.54, 1.807) is 0 Å². The summed E-state index contributed by atoms with van der Waals surface area (Å²) in [6, 6.07) is 15.7. The van der Waals surface area contributed by atoms with Gasteiger partial charge in [-0.15, -0.1) is 0 Å². The number of carbonyl (C=O) groups excluding carboxylic acids is 1. The number of aryl methyl sites for hydroxylation is 1. The number of hydrogen-bond acceptors (Lipinski definition) is 2. The molecule has 1 N–H and O–H groups in total. The van der Waals surface area contributed by atoms with Gasteiger partial charge in [-0.25, -0.2) is 0 Å². The van der Waals surface area contributed by atoms with Crippen molar-refractivity contribution in [2.24, 2.45) is 0 Å². The van der Waals surface area contributed by atoms with E-state index < -0.39 is 0 Å². The zero-order valence-corrected chi connectivity index (χ0v) is 14.8.